The van der Waals surface area contributed by atoms with E-state index in [1.165, 1.54) is 23.2 Å². The lowest BCUT2D eigenvalue weighted by Gasteiger charge is -2.17. The van der Waals surface area contributed by atoms with E-state index in [-0.39, 0.29) is 5.91 Å². The van der Waals surface area contributed by atoms with Crippen molar-refractivity contribution in [2.75, 3.05) is 6.54 Å². The van der Waals surface area contributed by atoms with E-state index in [1.54, 1.807) is 16.2 Å². The van der Waals surface area contributed by atoms with Crippen LogP contribution in [0.15, 0.2) is 6.20 Å². The smallest absolute Gasteiger partial charge is 0.275 e. The van der Waals surface area contributed by atoms with E-state index in [9.17, 15) is 4.79 Å². The molecule has 1 atom stereocenters. The van der Waals surface area contributed by atoms with E-state index in [0.717, 1.165) is 35.5 Å². The number of amides is 1. The maximum Gasteiger partial charge on any atom is 0.275 e. The Balaban J connectivity index is 1.74. The Labute approximate surface area is 132 Å². The minimum atomic E-state index is -0.0622. The summed E-state index contributed by atoms with van der Waals surface area (Å²) in [7, 11) is 0. The van der Waals surface area contributed by atoms with Crippen molar-refractivity contribution < 1.29 is 4.79 Å². The van der Waals surface area contributed by atoms with Crippen molar-refractivity contribution >= 4 is 29.0 Å². The first kappa shape index (κ1) is 14.6. The quantitative estimate of drug-likeness (QED) is 0.868. The molecule has 0 bridgehead atoms. The molecule has 0 N–H and O–H groups in total. The zero-order valence-corrected chi connectivity index (χ0v) is 13.8. The molecule has 0 aliphatic heterocycles. The van der Waals surface area contributed by atoms with Crippen molar-refractivity contribution in [2.24, 2.45) is 5.92 Å². The number of hydrogen-bond donors (Lipinski definition) is 0. The number of thiazole rings is 1. The molecule has 0 aromatic carbocycles. The fraction of sp³-hybridized carbons (Fsp3) is 0.571. The molecule has 1 aliphatic rings. The van der Waals surface area contributed by atoms with E-state index in [4.69, 9.17) is 4.98 Å². The summed E-state index contributed by atoms with van der Waals surface area (Å²) in [6.45, 7) is 5.49. The number of carbonyl (C=O) groups excluding carboxylic acids is 1. The van der Waals surface area contributed by atoms with Gasteiger partial charge in [-0.05, 0) is 32.1 Å². The Bertz CT molecular complexity index is 623. The molecule has 0 saturated heterocycles. The van der Waals surface area contributed by atoms with Crippen molar-refractivity contribution in [3.8, 4) is 0 Å². The third-order valence-electron chi connectivity index (χ3n) is 3.81. The van der Waals surface area contributed by atoms with E-state index >= 15 is 0 Å². The summed E-state index contributed by atoms with van der Waals surface area (Å²) < 4.78 is 7.92. The largest absolute Gasteiger partial charge is 0.331 e. The highest BCUT2D eigenvalue weighted by atomic mass is 32.1. The average Bonchev–Trinajstić information content (AvgIpc) is 3.12. The van der Waals surface area contributed by atoms with Gasteiger partial charge in [-0.25, -0.2) is 4.98 Å². The van der Waals surface area contributed by atoms with Gasteiger partial charge in [-0.1, -0.05) is 6.92 Å². The van der Waals surface area contributed by atoms with E-state index in [0.29, 0.717) is 18.8 Å². The number of carbonyl (C=O) groups is 1. The lowest BCUT2D eigenvalue weighted by Crippen LogP contribution is -2.30. The van der Waals surface area contributed by atoms with Crippen LogP contribution in [0.5, 0.6) is 0 Å². The van der Waals surface area contributed by atoms with Crippen LogP contribution >= 0.6 is 23.1 Å². The zero-order chi connectivity index (χ0) is 14.8. The Hall–Kier alpha value is -1.34. The minimum absolute atomic E-state index is 0.0622. The van der Waals surface area contributed by atoms with Crippen molar-refractivity contribution in [3.05, 3.63) is 27.5 Å². The minimum Gasteiger partial charge on any atom is -0.331 e. The molecular formula is C14H18N4OS2. The van der Waals surface area contributed by atoms with Gasteiger partial charge < -0.3 is 4.90 Å². The highest BCUT2D eigenvalue weighted by Crippen LogP contribution is 2.30. The van der Waals surface area contributed by atoms with Gasteiger partial charge in [0.25, 0.3) is 5.91 Å². The third-order valence-corrected chi connectivity index (χ3v) is 5.39. The van der Waals surface area contributed by atoms with Crippen LogP contribution in [-0.2, 0) is 19.4 Å². The maximum atomic E-state index is 12.3. The Morgan fingerprint density at radius 2 is 2.38 bits per heavy atom. The molecule has 2 aromatic rings. The molecule has 1 aliphatic carbocycles. The fourth-order valence-corrected chi connectivity index (χ4v) is 4.27. The fourth-order valence-electron chi connectivity index (χ4n) is 2.57. The summed E-state index contributed by atoms with van der Waals surface area (Å²) in [6.07, 6.45) is 4.95. The lowest BCUT2D eigenvalue weighted by atomic mass is 9.93. The maximum absolute atomic E-state index is 12.3. The highest BCUT2D eigenvalue weighted by molar-refractivity contribution is 7.11. The molecule has 2 heterocycles. The van der Waals surface area contributed by atoms with Gasteiger partial charge in [0.05, 0.1) is 30.2 Å². The topological polar surface area (TPSA) is 59.0 Å². The van der Waals surface area contributed by atoms with E-state index < -0.39 is 0 Å². The number of rotatable bonds is 4. The van der Waals surface area contributed by atoms with Crippen LogP contribution in [-0.4, -0.2) is 31.1 Å². The summed E-state index contributed by atoms with van der Waals surface area (Å²) >= 11 is 2.82. The van der Waals surface area contributed by atoms with Crippen LogP contribution in [0.25, 0.3) is 0 Å². The summed E-state index contributed by atoms with van der Waals surface area (Å²) in [5, 5.41) is 1.03. The van der Waals surface area contributed by atoms with Crippen LogP contribution < -0.4 is 0 Å². The Morgan fingerprint density at radius 3 is 3.10 bits per heavy atom. The summed E-state index contributed by atoms with van der Waals surface area (Å²) in [4.78, 5) is 20.3. The Kier molecular flexibility index (Phi) is 4.30. The van der Waals surface area contributed by atoms with Gasteiger partial charge >= 0.3 is 0 Å². The van der Waals surface area contributed by atoms with Gasteiger partial charge in [-0.2, -0.15) is 8.75 Å². The highest BCUT2D eigenvalue weighted by Gasteiger charge is 2.22. The van der Waals surface area contributed by atoms with Gasteiger partial charge in [0.15, 0.2) is 5.69 Å². The molecule has 0 spiro atoms. The first-order chi connectivity index (χ1) is 10.2. The first-order valence-electron chi connectivity index (χ1n) is 7.21. The molecule has 3 rings (SSSR count). The Morgan fingerprint density at radius 1 is 1.52 bits per heavy atom. The van der Waals surface area contributed by atoms with E-state index in [1.807, 2.05) is 6.92 Å². The number of nitrogens with zero attached hydrogens (tertiary/aromatic N) is 4. The normalized spacial score (nSPS) is 17.5. The SMILES string of the molecule is CCN(Cc1nc2c(s1)C[C@@H](C)CC2)C(=O)c1cnsn1. The second-order valence-corrected chi connectivity index (χ2v) is 7.16. The average molecular weight is 322 g/mol. The van der Waals surface area contributed by atoms with Crippen molar-refractivity contribution in [2.45, 2.75) is 39.7 Å². The predicted molar refractivity (Wildman–Crippen MR) is 83.6 cm³/mol. The van der Waals surface area contributed by atoms with E-state index in [2.05, 4.69) is 15.7 Å². The number of aromatic nitrogens is 3. The van der Waals surface area contributed by atoms with Gasteiger partial charge in [0.2, 0.25) is 0 Å². The van der Waals surface area contributed by atoms with Crippen molar-refractivity contribution in [3.63, 3.8) is 0 Å². The third kappa shape index (κ3) is 3.13. The zero-order valence-electron chi connectivity index (χ0n) is 12.2. The van der Waals surface area contributed by atoms with Gasteiger partial charge in [0, 0.05) is 11.4 Å². The van der Waals surface area contributed by atoms with Gasteiger partial charge in [-0.15, -0.1) is 11.3 Å². The first-order valence-corrected chi connectivity index (χ1v) is 8.76. The standard InChI is InChI=1S/C14H18N4OS2/c1-3-18(14(19)11-7-15-21-17-11)8-13-16-10-5-4-9(2)6-12(10)20-13/h7,9H,3-6,8H2,1-2H3/t9-/m0/s1. The molecule has 112 valence electrons. The number of hydrogen-bond acceptors (Lipinski definition) is 6. The van der Waals surface area contributed by atoms with Crippen molar-refractivity contribution in [1.82, 2.24) is 18.6 Å². The molecule has 1 amide bonds. The van der Waals surface area contributed by atoms with Gasteiger partial charge in [-0.3, -0.25) is 4.79 Å². The summed E-state index contributed by atoms with van der Waals surface area (Å²) in [5.74, 6) is 0.684. The van der Waals surface area contributed by atoms with Crippen LogP contribution in [0.1, 0.15) is 46.3 Å². The van der Waals surface area contributed by atoms with Crippen LogP contribution in [0.4, 0.5) is 0 Å². The summed E-state index contributed by atoms with van der Waals surface area (Å²) in [6, 6.07) is 0. The molecule has 5 nitrogen and oxygen atoms in total. The number of aryl methyl sites for hydroxylation is 1. The van der Waals surface area contributed by atoms with Crippen LogP contribution in [0, 0.1) is 5.92 Å². The number of fused-ring (bicyclic) bond motifs is 1. The van der Waals surface area contributed by atoms with Crippen LogP contribution in [0.3, 0.4) is 0 Å². The van der Waals surface area contributed by atoms with Crippen molar-refractivity contribution in [1.29, 1.82) is 0 Å². The molecule has 0 radical (unpaired) electrons. The second kappa shape index (κ2) is 6.19. The second-order valence-electron chi connectivity index (χ2n) is 5.44. The molecule has 7 heteroatoms. The molecule has 0 unspecified atom stereocenters. The predicted octanol–water partition coefficient (Wildman–Crippen LogP) is 2.78. The monoisotopic (exact) mass is 322 g/mol. The molecule has 0 fully saturated rings. The van der Waals surface area contributed by atoms with Crippen LogP contribution in [0.2, 0.25) is 0 Å². The molecular weight excluding hydrogens is 304 g/mol. The van der Waals surface area contributed by atoms with Gasteiger partial charge in [0.1, 0.15) is 5.01 Å². The molecule has 21 heavy (non-hydrogen) atoms. The molecule has 2 aromatic heterocycles. The lowest BCUT2D eigenvalue weighted by molar-refractivity contribution is 0.0747. The summed E-state index contributed by atoms with van der Waals surface area (Å²) in [5.41, 5.74) is 1.67. The molecule has 0 saturated carbocycles.